The summed E-state index contributed by atoms with van der Waals surface area (Å²) in [5.74, 6) is -0.757. The molecule has 3 heterocycles. The molecule has 8 heteroatoms. The summed E-state index contributed by atoms with van der Waals surface area (Å²) in [5, 5.41) is 9.88. The Labute approximate surface area is 152 Å². The molecular weight excluding hydrogens is 361 g/mol. The number of benzene rings is 1. The second kappa shape index (κ2) is 6.00. The third-order valence-electron chi connectivity index (χ3n) is 4.81. The Balaban J connectivity index is 1.71. The molecule has 0 amide bonds. The number of aromatic carboxylic acids is 1. The van der Waals surface area contributed by atoms with Gasteiger partial charge in [-0.05, 0) is 48.7 Å². The number of furan rings is 1. The Morgan fingerprint density at radius 3 is 2.74 bits per heavy atom. The lowest BCUT2D eigenvalue weighted by atomic mass is 10.00. The third-order valence-corrected chi connectivity index (χ3v) is 4.81. The van der Waals surface area contributed by atoms with E-state index >= 15 is 0 Å². The highest BCUT2D eigenvalue weighted by atomic mass is 19.4. The molecule has 0 fully saturated rings. The molecule has 1 aliphatic heterocycles. The van der Waals surface area contributed by atoms with Crippen molar-refractivity contribution >= 4 is 22.6 Å². The summed E-state index contributed by atoms with van der Waals surface area (Å²) in [6, 6.07) is 6.28. The first-order valence-electron chi connectivity index (χ1n) is 8.30. The van der Waals surface area contributed by atoms with Crippen molar-refractivity contribution in [3.05, 3.63) is 58.6 Å². The minimum Gasteiger partial charge on any atom is -0.478 e. The van der Waals surface area contributed by atoms with Gasteiger partial charge in [0, 0.05) is 30.4 Å². The number of rotatable bonds is 2. The van der Waals surface area contributed by atoms with Crippen molar-refractivity contribution in [2.45, 2.75) is 26.1 Å². The van der Waals surface area contributed by atoms with Crippen LogP contribution < -0.4 is 4.90 Å². The Morgan fingerprint density at radius 2 is 2.04 bits per heavy atom. The van der Waals surface area contributed by atoms with Crippen LogP contribution in [0.3, 0.4) is 0 Å². The number of carboxylic acid groups (broad SMARTS) is 1. The van der Waals surface area contributed by atoms with E-state index in [2.05, 4.69) is 4.98 Å². The highest BCUT2D eigenvalue weighted by Crippen LogP contribution is 2.33. The smallest absolute Gasteiger partial charge is 0.433 e. The predicted molar refractivity (Wildman–Crippen MR) is 91.9 cm³/mol. The van der Waals surface area contributed by atoms with Gasteiger partial charge in [0.1, 0.15) is 22.6 Å². The third kappa shape index (κ3) is 3.01. The van der Waals surface area contributed by atoms with Crippen molar-refractivity contribution in [2.24, 2.45) is 0 Å². The normalized spacial score (nSPS) is 14.4. The lowest BCUT2D eigenvalue weighted by molar-refractivity contribution is -0.141. The number of fused-ring (bicyclic) bond motifs is 2. The number of carbonyl (C=O) groups is 1. The number of aromatic nitrogens is 1. The topological polar surface area (TPSA) is 66.6 Å². The first kappa shape index (κ1) is 17.4. The largest absolute Gasteiger partial charge is 0.478 e. The molecule has 3 aromatic rings. The average Bonchev–Trinajstić information content (AvgIpc) is 2.95. The van der Waals surface area contributed by atoms with E-state index in [4.69, 9.17) is 4.42 Å². The van der Waals surface area contributed by atoms with Crippen LogP contribution in [0.15, 0.2) is 34.9 Å². The van der Waals surface area contributed by atoms with Gasteiger partial charge >= 0.3 is 12.1 Å². The van der Waals surface area contributed by atoms with Crippen LogP contribution in [0, 0.1) is 6.92 Å². The number of anilines is 1. The molecule has 1 N–H and O–H groups in total. The van der Waals surface area contributed by atoms with Crippen LogP contribution >= 0.6 is 0 Å². The summed E-state index contributed by atoms with van der Waals surface area (Å²) in [4.78, 5) is 16.9. The summed E-state index contributed by atoms with van der Waals surface area (Å²) < 4.78 is 44.3. The standard InChI is InChI=1S/C19H15F3N2O3/c1-10-17(18(25)26)14-7-13(2-3-15(14)27-10)24-5-4-11-8-23-16(19(20,21)22)6-12(11)9-24/h2-3,6-8H,4-5,9H2,1H3,(H,25,26). The fraction of sp³-hybridized carbons (Fsp3) is 0.263. The van der Waals surface area contributed by atoms with E-state index < -0.39 is 17.8 Å². The molecule has 27 heavy (non-hydrogen) atoms. The number of pyridine rings is 1. The van der Waals surface area contributed by atoms with E-state index in [1.807, 2.05) is 4.90 Å². The average molecular weight is 376 g/mol. The van der Waals surface area contributed by atoms with Gasteiger partial charge in [-0.2, -0.15) is 13.2 Å². The fourth-order valence-corrected chi connectivity index (χ4v) is 3.48. The maximum absolute atomic E-state index is 12.9. The molecule has 140 valence electrons. The summed E-state index contributed by atoms with van der Waals surface area (Å²) >= 11 is 0. The Hall–Kier alpha value is -3.03. The van der Waals surface area contributed by atoms with Gasteiger partial charge in [0.25, 0.3) is 0 Å². The van der Waals surface area contributed by atoms with E-state index in [1.54, 1.807) is 25.1 Å². The highest BCUT2D eigenvalue weighted by Gasteiger charge is 2.33. The van der Waals surface area contributed by atoms with Gasteiger partial charge in [0.05, 0.1) is 0 Å². The van der Waals surface area contributed by atoms with Gasteiger partial charge in [0.2, 0.25) is 0 Å². The van der Waals surface area contributed by atoms with Gasteiger partial charge in [-0.25, -0.2) is 4.79 Å². The van der Waals surface area contributed by atoms with E-state index in [0.29, 0.717) is 41.8 Å². The lowest BCUT2D eigenvalue weighted by Gasteiger charge is -2.31. The molecule has 4 rings (SSSR count). The quantitative estimate of drug-likeness (QED) is 0.717. The van der Waals surface area contributed by atoms with Gasteiger partial charge in [-0.15, -0.1) is 0 Å². The maximum Gasteiger partial charge on any atom is 0.433 e. The van der Waals surface area contributed by atoms with Gasteiger partial charge in [-0.1, -0.05) is 0 Å². The highest BCUT2D eigenvalue weighted by molar-refractivity contribution is 6.04. The second-order valence-corrected chi connectivity index (χ2v) is 6.53. The fourth-order valence-electron chi connectivity index (χ4n) is 3.48. The number of nitrogens with zero attached hydrogens (tertiary/aromatic N) is 2. The zero-order chi connectivity index (χ0) is 19.3. The molecule has 0 atom stereocenters. The summed E-state index contributed by atoms with van der Waals surface area (Å²) in [6.07, 6.45) is -2.63. The SMILES string of the molecule is Cc1oc2ccc(N3CCc4cnc(C(F)(F)F)cc4C3)cc2c1C(=O)O. The lowest BCUT2D eigenvalue weighted by Crippen LogP contribution is -2.31. The molecule has 2 aromatic heterocycles. The molecule has 0 bridgehead atoms. The van der Waals surface area contributed by atoms with Crippen molar-refractivity contribution in [2.75, 3.05) is 11.4 Å². The molecule has 0 unspecified atom stereocenters. The van der Waals surface area contributed by atoms with Crippen molar-refractivity contribution < 1.29 is 27.5 Å². The number of aryl methyl sites for hydroxylation is 1. The minimum absolute atomic E-state index is 0.104. The van der Waals surface area contributed by atoms with Crippen LogP contribution in [0.4, 0.5) is 18.9 Å². The molecule has 5 nitrogen and oxygen atoms in total. The molecule has 0 radical (unpaired) electrons. The molecule has 0 saturated carbocycles. The summed E-state index contributed by atoms with van der Waals surface area (Å²) in [6.45, 7) is 2.49. The van der Waals surface area contributed by atoms with Crippen LogP contribution in [-0.2, 0) is 19.1 Å². The molecule has 1 aliphatic rings. The number of halogens is 3. The van der Waals surface area contributed by atoms with E-state index in [9.17, 15) is 23.1 Å². The Morgan fingerprint density at radius 1 is 1.26 bits per heavy atom. The number of alkyl halides is 3. The maximum atomic E-state index is 12.9. The number of carboxylic acids is 1. The first-order valence-corrected chi connectivity index (χ1v) is 8.30. The Bertz CT molecular complexity index is 1060. The summed E-state index contributed by atoms with van der Waals surface area (Å²) in [5.41, 5.74) is 1.78. The van der Waals surface area contributed by atoms with Crippen LogP contribution in [0.5, 0.6) is 0 Å². The number of hydrogen-bond donors (Lipinski definition) is 1. The zero-order valence-corrected chi connectivity index (χ0v) is 14.3. The van der Waals surface area contributed by atoms with E-state index in [0.717, 1.165) is 17.3 Å². The second-order valence-electron chi connectivity index (χ2n) is 6.53. The van der Waals surface area contributed by atoms with Crippen LogP contribution in [-0.4, -0.2) is 22.6 Å². The molecule has 1 aromatic carbocycles. The molecule has 0 spiro atoms. The zero-order valence-electron chi connectivity index (χ0n) is 14.3. The van der Waals surface area contributed by atoms with Gasteiger partial charge in [-0.3, -0.25) is 4.98 Å². The van der Waals surface area contributed by atoms with E-state index in [-0.39, 0.29) is 5.56 Å². The van der Waals surface area contributed by atoms with Gasteiger partial charge < -0.3 is 14.4 Å². The van der Waals surface area contributed by atoms with Crippen molar-refractivity contribution in [3.8, 4) is 0 Å². The van der Waals surface area contributed by atoms with Crippen molar-refractivity contribution in [3.63, 3.8) is 0 Å². The van der Waals surface area contributed by atoms with Crippen molar-refractivity contribution in [1.29, 1.82) is 0 Å². The monoisotopic (exact) mass is 376 g/mol. The predicted octanol–water partition coefficient (Wildman–Crippen LogP) is 4.42. The minimum atomic E-state index is -4.49. The molecule has 0 aliphatic carbocycles. The first-order chi connectivity index (χ1) is 12.7. The van der Waals surface area contributed by atoms with Crippen molar-refractivity contribution in [1.82, 2.24) is 4.98 Å². The number of hydrogen-bond acceptors (Lipinski definition) is 4. The molecule has 0 saturated heterocycles. The van der Waals surface area contributed by atoms with Crippen LogP contribution in [0.1, 0.15) is 32.9 Å². The van der Waals surface area contributed by atoms with Crippen LogP contribution in [0.2, 0.25) is 0 Å². The van der Waals surface area contributed by atoms with Crippen LogP contribution in [0.25, 0.3) is 11.0 Å². The van der Waals surface area contributed by atoms with E-state index in [1.165, 1.54) is 6.20 Å². The van der Waals surface area contributed by atoms with Gasteiger partial charge in [0.15, 0.2) is 0 Å². The molecular formula is C19H15F3N2O3. The Kier molecular flexibility index (Phi) is 3.87. The summed E-state index contributed by atoms with van der Waals surface area (Å²) in [7, 11) is 0.